The molecule has 1 aliphatic rings. The van der Waals surface area contributed by atoms with E-state index >= 15 is 0 Å². The highest BCUT2D eigenvalue weighted by molar-refractivity contribution is 7.84. The molecule has 0 radical (unpaired) electrons. The van der Waals surface area contributed by atoms with Gasteiger partial charge in [0.05, 0.1) is 21.4 Å². The number of hydrogen-bond acceptors (Lipinski definition) is 2. The fourth-order valence-corrected chi connectivity index (χ4v) is 2.86. The summed E-state index contributed by atoms with van der Waals surface area (Å²) in [6.07, 6.45) is 5.59. The van der Waals surface area contributed by atoms with Crippen LogP contribution in [0.25, 0.3) is 0 Å². The molecule has 3 heteroatoms. The average Bonchev–Trinajstić information content (AvgIpc) is 2.30. The number of rotatable bonds is 2. The monoisotopic (exact) mass is 223 g/mol. The second kappa shape index (κ2) is 4.79. The highest BCUT2D eigenvalue weighted by Crippen LogP contribution is 2.25. The van der Waals surface area contributed by atoms with Crippen LogP contribution < -0.4 is 4.90 Å². The minimum absolute atomic E-state index is 0.884. The zero-order valence-corrected chi connectivity index (χ0v) is 9.93. The van der Waals surface area contributed by atoms with E-state index in [1.54, 1.807) is 6.26 Å². The zero-order valence-electron chi connectivity index (χ0n) is 9.11. The molecule has 0 aliphatic carbocycles. The summed E-state index contributed by atoms with van der Waals surface area (Å²) in [5, 5.41) is 0. The molecule has 1 aromatic carbocycles. The molecule has 1 atom stereocenters. The van der Waals surface area contributed by atoms with Crippen LogP contribution in [0.15, 0.2) is 29.2 Å². The highest BCUT2D eigenvalue weighted by Gasteiger charge is 2.15. The van der Waals surface area contributed by atoms with Crippen LogP contribution in [0.3, 0.4) is 0 Å². The molecule has 1 aromatic rings. The van der Waals surface area contributed by atoms with Crippen LogP contribution >= 0.6 is 0 Å². The molecule has 1 aliphatic heterocycles. The zero-order chi connectivity index (χ0) is 10.7. The van der Waals surface area contributed by atoms with Crippen molar-refractivity contribution in [2.75, 3.05) is 24.2 Å². The van der Waals surface area contributed by atoms with Crippen molar-refractivity contribution in [3.63, 3.8) is 0 Å². The van der Waals surface area contributed by atoms with E-state index in [4.69, 9.17) is 0 Å². The maximum Gasteiger partial charge on any atom is 0.0618 e. The molecule has 0 bridgehead atoms. The first kappa shape index (κ1) is 10.7. The van der Waals surface area contributed by atoms with Crippen molar-refractivity contribution in [3.8, 4) is 0 Å². The standard InChI is InChI=1S/C12H17NOS/c1-15(14)12-8-4-3-7-11(12)13-9-5-2-6-10-13/h3-4,7-8H,2,5-6,9-10H2,1H3/t15-/m1/s1. The average molecular weight is 223 g/mol. The molecule has 1 saturated heterocycles. The maximum absolute atomic E-state index is 11.6. The van der Waals surface area contributed by atoms with Crippen LogP contribution in [0.4, 0.5) is 5.69 Å². The highest BCUT2D eigenvalue weighted by atomic mass is 32.2. The molecule has 0 aromatic heterocycles. The van der Waals surface area contributed by atoms with E-state index in [2.05, 4.69) is 11.0 Å². The van der Waals surface area contributed by atoms with Crippen LogP contribution in [0, 0.1) is 0 Å². The molecule has 82 valence electrons. The lowest BCUT2D eigenvalue weighted by molar-refractivity contribution is 0.575. The molecule has 15 heavy (non-hydrogen) atoms. The van der Waals surface area contributed by atoms with Gasteiger partial charge in [0.2, 0.25) is 0 Å². The van der Waals surface area contributed by atoms with E-state index in [-0.39, 0.29) is 0 Å². The van der Waals surface area contributed by atoms with Crippen molar-refractivity contribution in [2.45, 2.75) is 24.2 Å². The fourth-order valence-electron chi connectivity index (χ4n) is 2.10. The number of piperidine rings is 1. The molecule has 1 fully saturated rings. The number of para-hydroxylation sites is 1. The summed E-state index contributed by atoms with van der Waals surface area (Å²) in [6.45, 7) is 2.21. The third-order valence-corrected chi connectivity index (χ3v) is 3.84. The molecular formula is C12H17NOS. The Morgan fingerprint density at radius 2 is 1.80 bits per heavy atom. The molecule has 0 unspecified atom stereocenters. The molecule has 0 N–H and O–H groups in total. The van der Waals surface area contributed by atoms with Gasteiger partial charge in [0.15, 0.2) is 0 Å². The van der Waals surface area contributed by atoms with E-state index in [1.165, 1.54) is 19.3 Å². The van der Waals surface area contributed by atoms with E-state index < -0.39 is 10.8 Å². The van der Waals surface area contributed by atoms with E-state index in [0.29, 0.717) is 0 Å². The van der Waals surface area contributed by atoms with Gasteiger partial charge in [0.1, 0.15) is 0 Å². The minimum atomic E-state index is -0.884. The van der Waals surface area contributed by atoms with E-state index in [1.807, 2.05) is 18.2 Å². The van der Waals surface area contributed by atoms with Crippen LogP contribution in [-0.4, -0.2) is 23.6 Å². The Balaban J connectivity index is 2.29. The number of nitrogens with zero attached hydrogens (tertiary/aromatic N) is 1. The Kier molecular flexibility index (Phi) is 3.41. The second-order valence-electron chi connectivity index (χ2n) is 3.97. The van der Waals surface area contributed by atoms with Gasteiger partial charge in [-0.3, -0.25) is 4.21 Å². The lowest BCUT2D eigenvalue weighted by Crippen LogP contribution is -2.30. The Morgan fingerprint density at radius 1 is 1.13 bits per heavy atom. The van der Waals surface area contributed by atoms with Gasteiger partial charge in [-0.1, -0.05) is 12.1 Å². The van der Waals surface area contributed by atoms with Crippen molar-refractivity contribution in [1.82, 2.24) is 0 Å². The SMILES string of the molecule is C[S@@](=O)c1ccccc1N1CCCCC1. The van der Waals surface area contributed by atoms with Gasteiger partial charge in [-0.25, -0.2) is 0 Å². The van der Waals surface area contributed by atoms with Crippen LogP contribution in [0.5, 0.6) is 0 Å². The normalized spacial score (nSPS) is 18.9. The molecule has 0 spiro atoms. The van der Waals surface area contributed by atoms with Gasteiger partial charge < -0.3 is 4.90 Å². The predicted molar refractivity (Wildman–Crippen MR) is 64.8 cm³/mol. The van der Waals surface area contributed by atoms with E-state index in [9.17, 15) is 4.21 Å². The minimum Gasteiger partial charge on any atom is -0.371 e. The first-order valence-corrected chi connectivity index (χ1v) is 7.02. The summed E-state index contributed by atoms with van der Waals surface area (Å²) in [5.74, 6) is 0. The quantitative estimate of drug-likeness (QED) is 0.767. The lowest BCUT2D eigenvalue weighted by atomic mass is 10.1. The first-order valence-electron chi connectivity index (χ1n) is 5.46. The van der Waals surface area contributed by atoms with Crippen molar-refractivity contribution < 1.29 is 4.21 Å². The summed E-state index contributed by atoms with van der Waals surface area (Å²) in [6, 6.07) is 8.05. The predicted octanol–water partition coefficient (Wildman–Crippen LogP) is 2.41. The Bertz CT molecular complexity index is 358. The van der Waals surface area contributed by atoms with Gasteiger partial charge >= 0.3 is 0 Å². The fraction of sp³-hybridized carbons (Fsp3) is 0.500. The number of benzene rings is 1. The molecular weight excluding hydrogens is 206 g/mol. The molecule has 0 saturated carbocycles. The van der Waals surface area contributed by atoms with Crippen molar-refractivity contribution in [1.29, 1.82) is 0 Å². The Labute approximate surface area is 93.7 Å². The number of hydrogen-bond donors (Lipinski definition) is 0. The van der Waals surface area contributed by atoms with Gasteiger partial charge in [-0.15, -0.1) is 0 Å². The maximum atomic E-state index is 11.6. The molecule has 0 amide bonds. The van der Waals surface area contributed by atoms with Crippen molar-refractivity contribution >= 4 is 16.5 Å². The largest absolute Gasteiger partial charge is 0.371 e. The Morgan fingerprint density at radius 3 is 2.47 bits per heavy atom. The van der Waals surface area contributed by atoms with Gasteiger partial charge in [-0.05, 0) is 31.4 Å². The molecule has 1 heterocycles. The number of anilines is 1. The summed E-state index contributed by atoms with van der Waals surface area (Å²) < 4.78 is 11.6. The topological polar surface area (TPSA) is 20.3 Å². The van der Waals surface area contributed by atoms with Crippen molar-refractivity contribution in [3.05, 3.63) is 24.3 Å². The summed E-state index contributed by atoms with van der Waals surface area (Å²) in [7, 11) is -0.884. The Hall–Kier alpha value is -0.830. The van der Waals surface area contributed by atoms with Crippen molar-refractivity contribution in [2.24, 2.45) is 0 Å². The van der Waals surface area contributed by atoms with Crippen LogP contribution in [-0.2, 0) is 10.8 Å². The van der Waals surface area contributed by atoms with Gasteiger partial charge in [-0.2, -0.15) is 0 Å². The summed E-state index contributed by atoms with van der Waals surface area (Å²) in [4.78, 5) is 3.33. The molecule has 2 nitrogen and oxygen atoms in total. The summed E-state index contributed by atoms with van der Waals surface area (Å²) >= 11 is 0. The van der Waals surface area contributed by atoms with Crippen LogP contribution in [0.2, 0.25) is 0 Å². The van der Waals surface area contributed by atoms with E-state index in [0.717, 1.165) is 23.7 Å². The third kappa shape index (κ3) is 2.40. The van der Waals surface area contributed by atoms with Crippen LogP contribution in [0.1, 0.15) is 19.3 Å². The third-order valence-electron chi connectivity index (χ3n) is 2.87. The van der Waals surface area contributed by atoms with Gasteiger partial charge in [0, 0.05) is 19.3 Å². The lowest BCUT2D eigenvalue weighted by Gasteiger charge is -2.30. The molecule has 2 rings (SSSR count). The first-order chi connectivity index (χ1) is 7.29. The second-order valence-corrected chi connectivity index (χ2v) is 5.32. The van der Waals surface area contributed by atoms with Gasteiger partial charge in [0.25, 0.3) is 0 Å². The summed E-state index contributed by atoms with van der Waals surface area (Å²) in [5.41, 5.74) is 1.16. The smallest absolute Gasteiger partial charge is 0.0618 e.